The third-order valence-electron chi connectivity index (χ3n) is 5.37. The normalized spacial score (nSPS) is 48.4. The number of hydrogen-bond acceptors (Lipinski definition) is 2. The molecule has 3 fully saturated rings. The van der Waals surface area contributed by atoms with Crippen LogP contribution in [-0.4, -0.2) is 54.9 Å². The lowest BCUT2D eigenvalue weighted by molar-refractivity contribution is -0.319. The van der Waals surface area contributed by atoms with Crippen LogP contribution in [0.1, 0.15) is 0 Å². The molecule has 3 aliphatic rings. The van der Waals surface area contributed by atoms with E-state index in [0.717, 1.165) is 0 Å². The molecule has 2 saturated carbocycles. The average Bonchev–Trinajstić information content (AvgIpc) is 2.63. The molecular weight excluding hydrogens is 885 g/mol. The van der Waals surface area contributed by atoms with Gasteiger partial charge in [-0.3, -0.25) is 0 Å². The standard InChI is InChI=1S/C12Cl20O2/c13-1(14)2(15,16)6(23,24)10(30)9(29,5(1,21)22)33-11(31)7(25,26)3(17,18)4(19,20)8(27,28)12(11,32)34-10. The molecule has 0 bridgehead atoms. The maximum absolute atomic E-state index is 6.67. The van der Waals surface area contributed by atoms with Crippen molar-refractivity contribution >= 4 is 232 Å². The topological polar surface area (TPSA) is 18.5 Å². The Morgan fingerprint density at radius 2 is 0.324 bits per heavy atom. The van der Waals surface area contributed by atoms with Gasteiger partial charge in [0.1, 0.15) is 0 Å². The van der Waals surface area contributed by atoms with Crippen molar-refractivity contribution in [2.45, 2.75) is 54.9 Å². The summed E-state index contributed by atoms with van der Waals surface area (Å²) in [5.74, 6) is 0. The van der Waals surface area contributed by atoms with Crippen molar-refractivity contribution in [1.82, 2.24) is 0 Å². The van der Waals surface area contributed by atoms with Crippen LogP contribution in [0.2, 0.25) is 0 Å². The van der Waals surface area contributed by atoms with Gasteiger partial charge in [0, 0.05) is 0 Å². The first-order valence-electron chi connectivity index (χ1n) is 7.60. The zero-order valence-corrected chi connectivity index (χ0v) is 29.5. The molecule has 22 heteroatoms. The van der Waals surface area contributed by atoms with Gasteiger partial charge in [-0.15, -0.1) is 0 Å². The summed E-state index contributed by atoms with van der Waals surface area (Å²) >= 11 is 128. The SMILES string of the molecule is ClC1(Cl)C(Cl)(Cl)C(Cl)(Cl)C2(Cl)OC3(Cl)C(Cl)(Cl)C(Cl)(Cl)C(Cl)(Cl)C(Cl)(Cl)C3(Cl)OC2(Cl)C1(Cl)Cl. The summed E-state index contributed by atoms with van der Waals surface area (Å²) in [5, 5.41) is -12.5. The van der Waals surface area contributed by atoms with E-state index in [0.29, 0.717) is 0 Å². The summed E-state index contributed by atoms with van der Waals surface area (Å²) < 4.78 is -11.7. The smallest absolute Gasteiger partial charge is 0.225 e. The van der Waals surface area contributed by atoms with E-state index in [1.807, 2.05) is 0 Å². The van der Waals surface area contributed by atoms with Gasteiger partial charge in [0.2, 0.25) is 37.6 Å². The summed E-state index contributed by atoms with van der Waals surface area (Å²) in [6.07, 6.45) is 0. The van der Waals surface area contributed by atoms with Crippen LogP contribution in [-0.2, 0) is 9.47 Å². The third-order valence-corrected chi connectivity index (χ3v) is 20.1. The summed E-state index contributed by atoms with van der Waals surface area (Å²) in [7, 11) is 0. The lowest BCUT2D eigenvalue weighted by Crippen LogP contribution is -2.93. The van der Waals surface area contributed by atoms with Gasteiger partial charge in [-0.05, 0) is 0 Å². The molecule has 0 amide bonds. The molecule has 1 saturated heterocycles. The van der Waals surface area contributed by atoms with Crippen molar-refractivity contribution in [3.8, 4) is 0 Å². The fraction of sp³-hybridized carbons (Fsp3) is 1.00. The van der Waals surface area contributed by atoms with Crippen molar-refractivity contribution in [3.63, 3.8) is 0 Å². The number of hydrogen-bond donors (Lipinski definition) is 0. The highest BCUT2D eigenvalue weighted by Gasteiger charge is 2.99. The highest BCUT2D eigenvalue weighted by Crippen LogP contribution is 2.84. The van der Waals surface area contributed by atoms with Gasteiger partial charge in [0.25, 0.3) is 0 Å². The van der Waals surface area contributed by atoms with Crippen LogP contribution in [0.15, 0.2) is 0 Å². The zero-order chi connectivity index (χ0) is 27.4. The minimum Gasteiger partial charge on any atom is -0.322 e. The van der Waals surface area contributed by atoms with Crippen LogP contribution in [0.4, 0.5) is 0 Å². The molecule has 2 aliphatic carbocycles. The fourth-order valence-corrected chi connectivity index (χ4v) is 11.4. The van der Waals surface area contributed by atoms with E-state index >= 15 is 0 Å². The summed E-state index contributed by atoms with van der Waals surface area (Å²) in [6.45, 7) is 0. The van der Waals surface area contributed by atoms with Crippen molar-refractivity contribution in [2.75, 3.05) is 0 Å². The fourth-order valence-electron chi connectivity index (χ4n) is 3.31. The zero-order valence-electron chi connectivity index (χ0n) is 14.4. The molecule has 4 unspecified atom stereocenters. The van der Waals surface area contributed by atoms with Crippen molar-refractivity contribution < 1.29 is 9.47 Å². The lowest BCUT2D eigenvalue weighted by atomic mass is 9.82. The first kappa shape index (κ1) is 34.2. The molecule has 0 aromatic rings. The van der Waals surface area contributed by atoms with Crippen molar-refractivity contribution in [2.24, 2.45) is 0 Å². The minimum absolute atomic E-state index is 2.84. The molecule has 4 atom stereocenters. The van der Waals surface area contributed by atoms with E-state index in [-0.39, 0.29) is 0 Å². The van der Waals surface area contributed by atoms with Crippen molar-refractivity contribution in [3.05, 3.63) is 0 Å². The van der Waals surface area contributed by atoms with Gasteiger partial charge >= 0.3 is 0 Å². The van der Waals surface area contributed by atoms with Crippen LogP contribution < -0.4 is 0 Å². The Hall–Kier alpha value is 5.72. The van der Waals surface area contributed by atoms with Gasteiger partial charge in [-0.2, -0.15) is 0 Å². The number of ether oxygens (including phenoxy) is 2. The number of halogens is 20. The monoisotopic (exact) mass is 875 g/mol. The van der Waals surface area contributed by atoms with Crippen LogP contribution >= 0.6 is 232 Å². The second-order valence-corrected chi connectivity index (χ2v) is 19.9. The van der Waals surface area contributed by atoms with Crippen LogP contribution in [0.3, 0.4) is 0 Å². The van der Waals surface area contributed by atoms with E-state index in [4.69, 9.17) is 241 Å². The molecule has 0 spiro atoms. The van der Waals surface area contributed by atoms with E-state index in [9.17, 15) is 0 Å². The molecule has 0 aromatic heterocycles. The largest absolute Gasteiger partial charge is 0.322 e. The Bertz CT molecular complexity index is 783. The van der Waals surface area contributed by atoms with Gasteiger partial charge in [-0.25, -0.2) is 0 Å². The molecule has 34 heavy (non-hydrogen) atoms. The summed E-state index contributed by atoms with van der Waals surface area (Å²) in [6, 6.07) is 0. The molecule has 200 valence electrons. The Labute approximate surface area is 292 Å². The van der Waals surface area contributed by atoms with E-state index in [1.165, 1.54) is 0 Å². The van der Waals surface area contributed by atoms with E-state index in [2.05, 4.69) is 0 Å². The predicted octanol–water partition coefficient (Wildman–Crippen LogP) is 11.2. The van der Waals surface area contributed by atoms with Gasteiger partial charge in [0.05, 0.1) is 0 Å². The third kappa shape index (κ3) is 3.22. The first-order valence-corrected chi connectivity index (χ1v) is 15.2. The Morgan fingerprint density at radius 1 is 0.206 bits per heavy atom. The van der Waals surface area contributed by atoms with E-state index < -0.39 is 54.9 Å². The van der Waals surface area contributed by atoms with Gasteiger partial charge in [0.15, 0.2) is 17.3 Å². The average molecular weight is 885 g/mol. The molecule has 1 heterocycles. The molecule has 0 aromatic carbocycles. The maximum Gasteiger partial charge on any atom is 0.225 e. The van der Waals surface area contributed by atoms with Crippen molar-refractivity contribution in [1.29, 1.82) is 0 Å². The molecule has 2 nitrogen and oxygen atoms in total. The van der Waals surface area contributed by atoms with Crippen LogP contribution in [0, 0.1) is 0 Å². The number of fused-ring (bicyclic) bond motifs is 2. The van der Waals surface area contributed by atoms with E-state index in [1.54, 1.807) is 0 Å². The number of rotatable bonds is 0. The first-order chi connectivity index (χ1) is 14.4. The minimum atomic E-state index is -3.13. The summed E-state index contributed by atoms with van der Waals surface area (Å²) in [5.41, 5.74) is 0. The quantitative estimate of drug-likeness (QED) is 0.226. The van der Waals surface area contributed by atoms with Crippen LogP contribution in [0.5, 0.6) is 0 Å². The Balaban J connectivity index is 2.51. The van der Waals surface area contributed by atoms with Gasteiger partial charge < -0.3 is 9.47 Å². The van der Waals surface area contributed by atoms with Crippen LogP contribution in [0.25, 0.3) is 0 Å². The molecule has 1 aliphatic heterocycles. The molecule has 3 rings (SSSR count). The van der Waals surface area contributed by atoms with Gasteiger partial charge in [-0.1, -0.05) is 232 Å². The molecule has 0 radical (unpaired) electrons. The lowest BCUT2D eigenvalue weighted by Gasteiger charge is -2.73. The predicted molar refractivity (Wildman–Crippen MR) is 152 cm³/mol. The highest BCUT2D eigenvalue weighted by molar-refractivity contribution is 6.79. The second kappa shape index (κ2) is 8.67. The molecular formula is C12Cl20O2. The second-order valence-electron chi connectivity index (χ2n) is 7.18. The Kier molecular flexibility index (Phi) is 8.72. The molecule has 0 N–H and O–H groups in total. The summed E-state index contributed by atoms with van der Waals surface area (Å²) in [4.78, 5) is 0. The maximum atomic E-state index is 6.67. The number of alkyl halides is 20. The Morgan fingerprint density at radius 3 is 0.441 bits per heavy atom. The highest BCUT2D eigenvalue weighted by atomic mass is 35.6.